The third-order valence-electron chi connectivity index (χ3n) is 10.2. The molecule has 0 aromatic heterocycles. The Morgan fingerprint density at radius 1 is 0.661 bits per heavy atom. The molecule has 1 aliphatic rings. The zero-order valence-electron chi connectivity index (χ0n) is 32.6. The van der Waals surface area contributed by atoms with Crippen LogP contribution >= 0.6 is 0 Å². The summed E-state index contributed by atoms with van der Waals surface area (Å²) < 4.78 is 38.0. The lowest BCUT2D eigenvalue weighted by molar-refractivity contribution is -0.267. The number of hydrogen-bond donors (Lipinski definition) is 0. The van der Waals surface area contributed by atoms with E-state index in [1.54, 1.807) is 6.08 Å². The lowest BCUT2D eigenvalue weighted by atomic mass is 9.88. The zero-order chi connectivity index (χ0) is 39.0. The fourth-order valence-electron chi connectivity index (χ4n) is 7.08. The van der Waals surface area contributed by atoms with E-state index < -0.39 is 36.5 Å². The number of unbranched alkanes of at least 4 members (excludes halogenated alkanes) is 1. The van der Waals surface area contributed by atoms with Crippen molar-refractivity contribution in [2.24, 2.45) is 0 Å². The third-order valence-corrected chi connectivity index (χ3v) is 10.2. The first-order chi connectivity index (χ1) is 27.5. The fourth-order valence-corrected chi connectivity index (χ4v) is 7.08. The molecule has 7 heteroatoms. The highest BCUT2D eigenvalue weighted by Gasteiger charge is 2.52. The molecule has 1 fully saturated rings. The topological polar surface area (TPSA) is 72.5 Å². The molecule has 56 heavy (non-hydrogen) atoms. The van der Waals surface area contributed by atoms with Gasteiger partial charge in [-0.3, -0.25) is 0 Å². The van der Waals surface area contributed by atoms with Crippen LogP contribution in [0.3, 0.4) is 0 Å². The molecule has 5 atom stereocenters. The minimum Gasteiger partial charge on any atom is -0.467 e. The number of benzene rings is 5. The van der Waals surface area contributed by atoms with Crippen molar-refractivity contribution in [2.45, 2.75) is 82.9 Å². The number of methoxy groups -OCH3 is 1. The summed E-state index contributed by atoms with van der Waals surface area (Å²) >= 11 is 0. The Bertz CT molecular complexity index is 1910. The number of carbonyl (C=O) groups excluding carboxylic acids is 1. The summed E-state index contributed by atoms with van der Waals surface area (Å²) in [5.74, 6) is -0.528. The van der Waals surface area contributed by atoms with Crippen molar-refractivity contribution in [3.05, 3.63) is 191 Å². The number of carbonyl (C=O) groups is 1. The molecule has 1 aliphatic heterocycles. The summed E-state index contributed by atoms with van der Waals surface area (Å²) in [6, 6.07) is 45.2. The van der Waals surface area contributed by atoms with Gasteiger partial charge in [0.05, 0.1) is 33.5 Å². The quantitative estimate of drug-likeness (QED) is 0.0446. The Morgan fingerprint density at radius 2 is 1.21 bits per heavy atom. The Morgan fingerprint density at radius 3 is 1.79 bits per heavy atom. The molecular weight excluding hydrogens is 701 g/mol. The average Bonchev–Trinajstić information content (AvgIpc) is 3.24. The normalized spacial score (nSPS) is 19.4. The Labute approximate surface area is 332 Å². The van der Waals surface area contributed by atoms with Crippen LogP contribution in [0.25, 0.3) is 0 Å². The lowest BCUT2D eigenvalue weighted by Gasteiger charge is -2.45. The average molecular weight is 755 g/mol. The molecule has 6 rings (SSSR count). The molecule has 1 heterocycles. The minimum atomic E-state index is -1.07. The number of ether oxygens (including phenoxy) is 6. The monoisotopic (exact) mass is 754 g/mol. The van der Waals surface area contributed by atoms with Crippen LogP contribution in [-0.4, -0.2) is 50.7 Å². The minimum absolute atomic E-state index is 0.251. The molecule has 0 bridgehead atoms. The van der Waals surface area contributed by atoms with Gasteiger partial charge in [-0.15, -0.1) is 6.58 Å². The van der Waals surface area contributed by atoms with Crippen molar-refractivity contribution in [3.63, 3.8) is 0 Å². The zero-order valence-corrected chi connectivity index (χ0v) is 32.6. The predicted molar refractivity (Wildman–Crippen MR) is 219 cm³/mol. The Balaban J connectivity index is 1.30. The third kappa shape index (κ3) is 11.6. The van der Waals surface area contributed by atoms with Crippen LogP contribution in [0.15, 0.2) is 146 Å². The van der Waals surface area contributed by atoms with Crippen LogP contribution in [0.4, 0.5) is 0 Å². The van der Waals surface area contributed by atoms with Gasteiger partial charge in [0.15, 0.2) is 6.10 Å². The first kappa shape index (κ1) is 40.8. The Kier molecular flexibility index (Phi) is 15.6. The number of aryl methyl sites for hydroxylation is 2. The van der Waals surface area contributed by atoms with Gasteiger partial charge in [-0.2, -0.15) is 0 Å². The molecule has 5 aromatic carbocycles. The van der Waals surface area contributed by atoms with Crippen molar-refractivity contribution in [3.8, 4) is 0 Å². The van der Waals surface area contributed by atoms with Crippen LogP contribution in [-0.2, 0) is 65.9 Å². The summed E-state index contributed by atoms with van der Waals surface area (Å²) in [7, 11) is 1.38. The largest absolute Gasteiger partial charge is 0.467 e. The molecule has 0 N–H and O–H groups in total. The molecule has 0 amide bonds. The van der Waals surface area contributed by atoms with Crippen LogP contribution < -0.4 is 0 Å². The van der Waals surface area contributed by atoms with Gasteiger partial charge in [0.1, 0.15) is 24.4 Å². The van der Waals surface area contributed by atoms with Gasteiger partial charge in [-0.05, 0) is 77.1 Å². The second-order valence-corrected chi connectivity index (χ2v) is 14.3. The van der Waals surface area contributed by atoms with Crippen molar-refractivity contribution in [1.29, 1.82) is 0 Å². The van der Waals surface area contributed by atoms with Gasteiger partial charge >= 0.3 is 5.97 Å². The molecule has 7 nitrogen and oxygen atoms in total. The highest BCUT2D eigenvalue weighted by molar-refractivity contribution is 5.75. The summed E-state index contributed by atoms with van der Waals surface area (Å²) in [4.78, 5) is 13.7. The molecule has 0 radical (unpaired) electrons. The van der Waals surface area contributed by atoms with Crippen molar-refractivity contribution in [1.82, 2.24) is 0 Å². The second kappa shape index (κ2) is 21.4. The standard InChI is InChI=1S/C49H54O7/c1-4-29-52-30-15-14-16-37-24-26-38(27-25-37)31-43-32-42(28-23-36(43)2)44-45(53-33-39-17-8-5-9-18-39)46(54-34-40-19-10-6-11-20-40)47(48(56-44)49(50)51-3)55-35-41-21-12-7-13-22-41/h4-13,17-28,32,44-48H,1,14-16,29-31,33-35H2,2-3H3/t44-,45-,46+,47-,48-/m0/s1. The van der Waals surface area contributed by atoms with E-state index in [0.717, 1.165) is 54.5 Å². The van der Waals surface area contributed by atoms with Crippen LogP contribution in [0.1, 0.15) is 63.5 Å². The lowest BCUT2D eigenvalue weighted by Crippen LogP contribution is -2.59. The van der Waals surface area contributed by atoms with Gasteiger partial charge in [-0.25, -0.2) is 4.79 Å². The van der Waals surface area contributed by atoms with E-state index in [-0.39, 0.29) is 6.61 Å². The van der Waals surface area contributed by atoms with E-state index >= 15 is 0 Å². The van der Waals surface area contributed by atoms with Crippen molar-refractivity contribution in [2.75, 3.05) is 20.3 Å². The summed E-state index contributed by atoms with van der Waals surface area (Å²) in [6.07, 6.45) is 1.74. The summed E-state index contributed by atoms with van der Waals surface area (Å²) in [5.41, 5.74) is 8.73. The van der Waals surface area contributed by atoms with E-state index in [0.29, 0.717) is 19.8 Å². The maximum absolute atomic E-state index is 13.7. The van der Waals surface area contributed by atoms with Crippen LogP contribution in [0, 0.1) is 6.92 Å². The van der Waals surface area contributed by atoms with Crippen molar-refractivity contribution >= 4 is 5.97 Å². The first-order valence-electron chi connectivity index (χ1n) is 19.6. The van der Waals surface area contributed by atoms with Gasteiger partial charge in [0, 0.05) is 6.61 Å². The number of hydrogen-bond acceptors (Lipinski definition) is 7. The van der Waals surface area contributed by atoms with E-state index in [1.165, 1.54) is 29.4 Å². The van der Waals surface area contributed by atoms with E-state index in [1.807, 2.05) is 91.0 Å². The van der Waals surface area contributed by atoms with Gasteiger partial charge in [-0.1, -0.05) is 140 Å². The van der Waals surface area contributed by atoms with Gasteiger partial charge in [0.25, 0.3) is 0 Å². The van der Waals surface area contributed by atoms with Gasteiger partial charge in [0.2, 0.25) is 0 Å². The predicted octanol–water partition coefficient (Wildman–Crippen LogP) is 9.48. The number of rotatable bonds is 20. The molecule has 0 saturated carbocycles. The molecule has 5 aromatic rings. The highest BCUT2D eigenvalue weighted by Crippen LogP contribution is 2.39. The Hall–Kier alpha value is -4.89. The maximum atomic E-state index is 13.7. The maximum Gasteiger partial charge on any atom is 0.337 e. The van der Waals surface area contributed by atoms with E-state index in [9.17, 15) is 4.79 Å². The molecule has 0 spiro atoms. The van der Waals surface area contributed by atoms with Crippen LogP contribution in [0.5, 0.6) is 0 Å². The SMILES string of the molecule is C=CCOCCCCc1ccc(Cc2cc([C@@H]3O[C@H](C(=O)OC)[C@@H](OCc4ccccc4)[C@H](OCc4ccccc4)[C@H]3OCc3ccccc3)ccc2C)cc1. The van der Waals surface area contributed by atoms with Crippen molar-refractivity contribution < 1.29 is 33.2 Å². The summed E-state index contributed by atoms with van der Waals surface area (Å²) in [6.45, 7) is 8.05. The first-order valence-corrected chi connectivity index (χ1v) is 19.6. The second-order valence-electron chi connectivity index (χ2n) is 14.3. The van der Waals surface area contributed by atoms with Gasteiger partial charge < -0.3 is 28.4 Å². The molecule has 1 saturated heterocycles. The highest BCUT2D eigenvalue weighted by atomic mass is 16.6. The van der Waals surface area contributed by atoms with E-state index in [4.69, 9.17) is 28.4 Å². The molecule has 0 unspecified atom stereocenters. The van der Waals surface area contributed by atoms with Crippen LogP contribution in [0.2, 0.25) is 0 Å². The van der Waals surface area contributed by atoms with E-state index in [2.05, 4.69) is 56.0 Å². The molecule has 0 aliphatic carbocycles. The molecular formula is C49H54O7. The smallest absolute Gasteiger partial charge is 0.337 e. The molecule has 292 valence electrons. The fraction of sp³-hybridized carbons (Fsp3) is 0.327. The summed E-state index contributed by atoms with van der Waals surface area (Å²) in [5, 5.41) is 0. The number of esters is 1.